The van der Waals surface area contributed by atoms with Crippen LogP contribution in [0.3, 0.4) is 0 Å². The lowest BCUT2D eigenvalue weighted by atomic mass is 9.92. The summed E-state index contributed by atoms with van der Waals surface area (Å²) in [6, 6.07) is 3.15. The van der Waals surface area contributed by atoms with Gasteiger partial charge in [0.05, 0.1) is 0 Å². The fourth-order valence-electron chi connectivity index (χ4n) is 3.05. The van der Waals surface area contributed by atoms with Crippen molar-refractivity contribution in [1.29, 1.82) is 0 Å². The summed E-state index contributed by atoms with van der Waals surface area (Å²) < 4.78 is 2.49. The highest BCUT2D eigenvalue weighted by atomic mass is 15.0. The molecule has 1 aromatic rings. The predicted octanol–water partition coefficient (Wildman–Crippen LogP) is 3.43. The van der Waals surface area contributed by atoms with Crippen LogP contribution in [0.4, 0.5) is 0 Å². The van der Waals surface area contributed by atoms with Crippen LogP contribution in [-0.2, 0) is 6.42 Å². The van der Waals surface area contributed by atoms with Crippen LogP contribution in [0.2, 0.25) is 0 Å². The molecule has 0 fully saturated rings. The summed E-state index contributed by atoms with van der Waals surface area (Å²) in [4.78, 5) is 0. The molecule has 1 aliphatic rings. The molecule has 1 heterocycles. The minimum atomic E-state index is 0.273. The summed E-state index contributed by atoms with van der Waals surface area (Å²) in [5.41, 5.74) is 9.06. The summed E-state index contributed by atoms with van der Waals surface area (Å²) in [5, 5.41) is 0. The lowest BCUT2D eigenvalue weighted by molar-refractivity contribution is 0.353. The molecular weight excluding hydrogens is 196 g/mol. The molecule has 2 heteroatoms. The molecule has 0 spiro atoms. The van der Waals surface area contributed by atoms with Crippen molar-refractivity contribution < 1.29 is 0 Å². The zero-order valence-electron chi connectivity index (χ0n) is 10.7. The van der Waals surface area contributed by atoms with E-state index in [2.05, 4.69) is 37.6 Å². The van der Waals surface area contributed by atoms with Crippen LogP contribution >= 0.6 is 0 Å². The van der Waals surface area contributed by atoms with Crippen molar-refractivity contribution in [3.63, 3.8) is 0 Å². The third kappa shape index (κ3) is 1.91. The summed E-state index contributed by atoms with van der Waals surface area (Å²) >= 11 is 0. The Morgan fingerprint density at radius 1 is 1.50 bits per heavy atom. The first kappa shape index (κ1) is 11.7. The van der Waals surface area contributed by atoms with E-state index in [1.165, 1.54) is 30.5 Å². The summed E-state index contributed by atoms with van der Waals surface area (Å²) in [6.07, 6.45) is 7.06. The first-order valence-corrected chi connectivity index (χ1v) is 6.60. The number of hydrogen-bond acceptors (Lipinski definition) is 1. The van der Waals surface area contributed by atoms with Crippen molar-refractivity contribution in [3.05, 3.63) is 23.5 Å². The van der Waals surface area contributed by atoms with Gasteiger partial charge in [-0.2, -0.15) is 0 Å². The van der Waals surface area contributed by atoms with Crippen molar-refractivity contribution >= 4 is 0 Å². The van der Waals surface area contributed by atoms with Crippen molar-refractivity contribution in [2.45, 2.75) is 58.5 Å². The average molecular weight is 220 g/mol. The van der Waals surface area contributed by atoms with Crippen LogP contribution in [0.25, 0.3) is 0 Å². The molecule has 0 amide bonds. The Hall–Kier alpha value is -0.760. The predicted molar refractivity (Wildman–Crippen MR) is 68.5 cm³/mol. The molecule has 1 aliphatic carbocycles. The van der Waals surface area contributed by atoms with Crippen LogP contribution in [-0.4, -0.2) is 4.57 Å². The minimum absolute atomic E-state index is 0.273. The number of hydrogen-bond donors (Lipinski definition) is 1. The quantitative estimate of drug-likeness (QED) is 0.831. The number of nitrogens with two attached hydrogens (primary N) is 1. The van der Waals surface area contributed by atoms with Gasteiger partial charge in [-0.15, -0.1) is 0 Å². The van der Waals surface area contributed by atoms with Gasteiger partial charge >= 0.3 is 0 Å². The van der Waals surface area contributed by atoms with Gasteiger partial charge in [0, 0.05) is 24.0 Å². The first-order chi connectivity index (χ1) is 7.65. The van der Waals surface area contributed by atoms with Crippen LogP contribution in [0, 0.1) is 5.92 Å². The Kier molecular flexibility index (Phi) is 3.38. The van der Waals surface area contributed by atoms with Crippen LogP contribution in [0.1, 0.15) is 63.4 Å². The molecule has 0 saturated heterocycles. The maximum Gasteiger partial charge on any atom is 0.0353 e. The molecule has 90 valence electrons. The van der Waals surface area contributed by atoms with Crippen LogP contribution in [0.5, 0.6) is 0 Å². The van der Waals surface area contributed by atoms with E-state index in [0.29, 0.717) is 12.0 Å². The van der Waals surface area contributed by atoms with Gasteiger partial charge < -0.3 is 10.3 Å². The van der Waals surface area contributed by atoms with Crippen LogP contribution in [0.15, 0.2) is 12.3 Å². The second kappa shape index (κ2) is 4.62. The second-order valence-electron chi connectivity index (χ2n) is 5.34. The zero-order chi connectivity index (χ0) is 11.7. The van der Waals surface area contributed by atoms with Crippen molar-refractivity contribution in [2.75, 3.05) is 0 Å². The Balaban J connectivity index is 2.35. The van der Waals surface area contributed by atoms with Gasteiger partial charge in [-0.25, -0.2) is 0 Å². The molecule has 2 nitrogen and oxygen atoms in total. The van der Waals surface area contributed by atoms with Gasteiger partial charge in [0.2, 0.25) is 0 Å². The SMILES string of the molecule is CCC(C(C)C)n1ccc2c1CCCC2N. The van der Waals surface area contributed by atoms with Gasteiger partial charge in [-0.3, -0.25) is 0 Å². The van der Waals surface area contributed by atoms with Crippen molar-refractivity contribution in [3.8, 4) is 0 Å². The van der Waals surface area contributed by atoms with E-state index in [9.17, 15) is 0 Å². The molecule has 2 unspecified atom stereocenters. The highest BCUT2D eigenvalue weighted by Gasteiger charge is 2.23. The van der Waals surface area contributed by atoms with E-state index in [1.54, 1.807) is 0 Å². The number of aromatic nitrogens is 1. The Morgan fingerprint density at radius 2 is 2.25 bits per heavy atom. The molecule has 0 radical (unpaired) electrons. The minimum Gasteiger partial charge on any atom is -0.348 e. The monoisotopic (exact) mass is 220 g/mol. The van der Waals surface area contributed by atoms with Gasteiger partial charge in [0.25, 0.3) is 0 Å². The lowest BCUT2D eigenvalue weighted by Gasteiger charge is -2.27. The number of rotatable bonds is 3. The standard InChI is InChI=1S/C14H24N2/c1-4-13(10(2)3)16-9-8-11-12(15)6-5-7-14(11)16/h8-10,12-13H,4-7,15H2,1-3H3. The van der Waals surface area contributed by atoms with Gasteiger partial charge in [0.1, 0.15) is 0 Å². The molecule has 16 heavy (non-hydrogen) atoms. The van der Waals surface area contributed by atoms with Crippen LogP contribution < -0.4 is 5.73 Å². The molecule has 2 atom stereocenters. The highest BCUT2D eigenvalue weighted by molar-refractivity contribution is 5.28. The third-order valence-electron chi connectivity index (χ3n) is 3.93. The van der Waals surface area contributed by atoms with Crippen molar-refractivity contribution in [2.24, 2.45) is 11.7 Å². The highest BCUT2D eigenvalue weighted by Crippen LogP contribution is 2.33. The maximum absolute atomic E-state index is 6.16. The summed E-state index contributed by atoms with van der Waals surface area (Å²) in [5.74, 6) is 0.694. The molecule has 2 N–H and O–H groups in total. The molecule has 1 aromatic heterocycles. The number of fused-ring (bicyclic) bond motifs is 1. The largest absolute Gasteiger partial charge is 0.348 e. The molecule has 0 bridgehead atoms. The fraction of sp³-hybridized carbons (Fsp3) is 0.714. The molecule has 0 aromatic carbocycles. The summed E-state index contributed by atoms with van der Waals surface area (Å²) in [6.45, 7) is 6.90. The Morgan fingerprint density at radius 3 is 2.88 bits per heavy atom. The van der Waals surface area contributed by atoms with E-state index >= 15 is 0 Å². The van der Waals surface area contributed by atoms with Gasteiger partial charge in [0.15, 0.2) is 0 Å². The van der Waals surface area contributed by atoms with E-state index in [-0.39, 0.29) is 6.04 Å². The van der Waals surface area contributed by atoms with E-state index < -0.39 is 0 Å². The molecular formula is C14H24N2. The molecule has 2 rings (SSSR count). The zero-order valence-corrected chi connectivity index (χ0v) is 10.7. The number of nitrogens with zero attached hydrogens (tertiary/aromatic N) is 1. The topological polar surface area (TPSA) is 30.9 Å². The smallest absolute Gasteiger partial charge is 0.0353 e. The molecule has 0 saturated carbocycles. The normalized spacial score (nSPS) is 22.2. The van der Waals surface area contributed by atoms with Gasteiger partial charge in [-0.1, -0.05) is 20.8 Å². The molecule has 0 aliphatic heterocycles. The maximum atomic E-state index is 6.16. The Labute approximate surface area is 98.8 Å². The Bertz CT molecular complexity index is 352. The second-order valence-corrected chi connectivity index (χ2v) is 5.34. The van der Waals surface area contributed by atoms with E-state index in [1.807, 2.05) is 0 Å². The third-order valence-corrected chi connectivity index (χ3v) is 3.93. The first-order valence-electron chi connectivity index (χ1n) is 6.60. The van der Waals surface area contributed by atoms with E-state index in [4.69, 9.17) is 5.73 Å². The lowest BCUT2D eigenvalue weighted by Crippen LogP contribution is -2.21. The summed E-state index contributed by atoms with van der Waals surface area (Å²) in [7, 11) is 0. The van der Waals surface area contributed by atoms with E-state index in [0.717, 1.165) is 6.42 Å². The van der Waals surface area contributed by atoms with Gasteiger partial charge in [-0.05, 0) is 43.2 Å². The fourth-order valence-corrected chi connectivity index (χ4v) is 3.05. The average Bonchev–Trinajstić information content (AvgIpc) is 2.64. The van der Waals surface area contributed by atoms with Crippen molar-refractivity contribution in [1.82, 2.24) is 4.57 Å².